The lowest BCUT2D eigenvalue weighted by Gasteiger charge is -2.37. The predicted octanol–water partition coefficient (Wildman–Crippen LogP) is 4.21. The van der Waals surface area contributed by atoms with E-state index in [-0.39, 0.29) is 11.6 Å². The molecular formula is C17H25F2NO. The Balaban J connectivity index is 2.02. The summed E-state index contributed by atoms with van der Waals surface area (Å²) in [6, 6.07) is 3.84. The van der Waals surface area contributed by atoms with Crippen LogP contribution in [0.15, 0.2) is 18.2 Å². The van der Waals surface area contributed by atoms with Crippen molar-refractivity contribution in [3.05, 3.63) is 35.4 Å². The lowest BCUT2D eigenvalue weighted by atomic mass is 9.77. The normalized spacial score (nSPS) is 22.9. The molecule has 1 fully saturated rings. The van der Waals surface area contributed by atoms with Crippen molar-refractivity contribution >= 4 is 0 Å². The molecular weight excluding hydrogens is 272 g/mol. The van der Waals surface area contributed by atoms with Gasteiger partial charge in [-0.2, -0.15) is 0 Å². The van der Waals surface area contributed by atoms with Crippen molar-refractivity contribution in [3.8, 4) is 0 Å². The van der Waals surface area contributed by atoms with Crippen molar-refractivity contribution in [1.29, 1.82) is 0 Å². The third-order valence-electron chi connectivity index (χ3n) is 4.15. The second-order valence-electron chi connectivity index (χ2n) is 5.79. The Morgan fingerprint density at radius 1 is 1.24 bits per heavy atom. The first-order valence-electron chi connectivity index (χ1n) is 7.94. The molecule has 0 bridgehead atoms. The van der Waals surface area contributed by atoms with Crippen LogP contribution in [0.5, 0.6) is 0 Å². The first-order valence-corrected chi connectivity index (χ1v) is 7.94. The van der Waals surface area contributed by atoms with E-state index in [0.29, 0.717) is 12.0 Å². The van der Waals surface area contributed by atoms with Gasteiger partial charge in [-0.25, -0.2) is 8.78 Å². The molecule has 1 saturated carbocycles. The molecule has 1 atom stereocenters. The molecule has 0 radical (unpaired) electrons. The lowest BCUT2D eigenvalue weighted by Crippen LogP contribution is -2.35. The molecule has 0 saturated heterocycles. The maximum Gasteiger partial charge on any atom is 0.130 e. The van der Waals surface area contributed by atoms with Crippen LogP contribution in [0.3, 0.4) is 0 Å². The van der Waals surface area contributed by atoms with Gasteiger partial charge in [0.05, 0.1) is 6.10 Å². The van der Waals surface area contributed by atoms with E-state index < -0.39 is 11.6 Å². The Kier molecular flexibility index (Phi) is 6.12. The number of nitrogens with one attached hydrogen (secondary N) is 1. The largest absolute Gasteiger partial charge is 0.378 e. The van der Waals surface area contributed by atoms with Crippen molar-refractivity contribution in [2.45, 2.75) is 51.7 Å². The van der Waals surface area contributed by atoms with Gasteiger partial charge in [0.25, 0.3) is 0 Å². The van der Waals surface area contributed by atoms with Crippen LogP contribution in [0, 0.1) is 17.6 Å². The molecule has 0 heterocycles. The number of rotatable bonds is 8. The maximum atomic E-state index is 14.0. The highest BCUT2D eigenvalue weighted by Gasteiger charge is 2.33. The summed E-state index contributed by atoms with van der Waals surface area (Å²) in [4.78, 5) is 0. The fourth-order valence-corrected chi connectivity index (χ4v) is 3.04. The summed E-state index contributed by atoms with van der Waals surface area (Å²) in [5.74, 6) is -0.427. The second kappa shape index (κ2) is 7.85. The van der Waals surface area contributed by atoms with Gasteiger partial charge in [0.15, 0.2) is 0 Å². The molecule has 21 heavy (non-hydrogen) atoms. The molecule has 0 spiro atoms. The molecule has 2 rings (SSSR count). The predicted molar refractivity (Wildman–Crippen MR) is 80.1 cm³/mol. The van der Waals surface area contributed by atoms with Crippen molar-refractivity contribution in [2.24, 2.45) is 5.92 Å². The molecule has 1 aromatic carbocycles. The van der Waals surface area contributed by atoms with E-state index in [1.54, 1.807) is 0 Å². The van der Waals surface area contributed by atoms with Gasteiger partial charge in [0.2, 0.25) is 0 Å². The van der Waals surface area contributed by atoms with Crippen LogP contribution in [0.4, 0.5) is 8.78 Å². The summed E-state index contributed by atoms with van der Waals surface area (Å²) in [6.45, 7) is 5.54. The van der Waals surface area contributed by atoms with Crippen molar-refractivity contribution in [3.63, 3.8) is 0 Å². The number of ether oxygens (including phenoxy) is 1. The number of hydrogen-bond donors (Lipinski definition) is 1. The van der Waals surface area contributed by atoms with Crippen LogP contribution in [-0.2, 0) is 4.74 Å². The minimum absolute atomic E-state index is 0.186. The van der Waals surface area contributed by atoms with E-state index in [9.17, 15) is 8.78 Å². The van der Waals surface area contributed by atoms with Gasteiger partial charge in [-0.15, -0.1) is 0 Å². The Labute approximate surface area is 125 Å². The second-order valence-corrected chi connectivity index (χ2v) is 5.79. The molecule has 1 aliphatic rings. The van der Waals surface area contributed by atoms with Crippen LogP contribution < -0.4 is 5.32 Å². The van der Waals surface area contributed by atoms with Gasteiger partial charge >= 0.3 is 0 Å². The Hall–Kier alpha value is -1.00. The summed E-state index contributed by atoms with van der Waals surface area (Å²) >= 11 is 0. The van der Waals surface area contributed by atoms with E-state index in [0.717, 1.165) is 38.8 Å². The fourth-order valence-electron chi connectivity index (χ4n) is 3.04. The first kappa shape index (κ1) is 16.4. The van der Waals surface area contributed by atoms with Gasteiger partial charge in [0, 0.05) is 18.2 Å². The molecule has 0 amide bonds. The Morgan fingerprint density at radius 3 is 2.48 bits per heavy atom. The quantitative estimate of drug-likeness (QED) is 0.776. The van der Waals surface area contributed by atoms with E-state index in [1.807, 2.05) is 6.92 Å². The maximum absolute atomic E-state index is 14.0. The summed E-state index contributed by atoms with van der Waals surface area (Å²) in [7, 11) is 0. The molecule has 0 aliphatic heterocycles. The van der Waals surface area contributed by atoms with Crippen LogP contribution in [0.2, 0.25) is 0 Å². The monoisotopic (exact) mass is 297 g/mol. The smallest absolute Gasteiger partial charge is 0.130 e. The average molecular weight is 297 g/mol. The number of halogens is 2. The van der Waals surface area contributed by atoms with E-state index in [1.165, 1.54) is 18.2 Å². The zero-order valence-electron chi connectivity index (χ0n) is 12.9. The van der Waals surface area contributed by atoms with Gasteiger partial charge in [-0.05, 0) is 57.2 Å². The van der Waals surface area contributed by atoms with Gasteiger partial charge in [-0.1, -0.05) is 13.0 Å². The van der Waals surface area contributed by atoms with E-state index in [4.69, 9.17) is 4.74 Å². The zero-order valence-corrected chi connectivity index (χ0v) is 12.9. The third-order valence-corrected chi connectivity index (χ3v) is 4.15. The molecule has 1 unspecified atom stereocenters. The van der Waals surface area contributed by atoms with E-state index >= 15 is 0 Å². The first-order chi connectivity index (χ1) is 10.2. The average Bonchev–Trinajstić information content (AvgIpc) is 2.41. The number of benzene rings is 1. The third kappa shape index (κ3) is 4.24. The summed E-state index contributed by atoms with van der Waals surface area (Å²) < 4.78 is 33.5. The highest BCUT2D eigenvalue weighted by atomic mass is 19.1. The minimum atomic E-state index is -0.454. The molecule has 2 nitrogen and oxygen atoms in total. The zero-order chi connectivity index (χ0) is 15.2. The Morgan fingerprint density at radius 2 is 1.90 bits per heavy atom. The highest BCUT2D eigenvalue weighted by molar-refractivity contribution is 5.23. The van der Waals surface area contributed by atoms with Gasteiger partial charge in [-0.3, -0.25) is 0 Å². The molecule has 1 N–H and O–H groups in total. The highest BCUT2D eigenvalue weighted by Crippen LogP contribution is 2.38. The topological polar surface area (TPSA) is 21.3 Å². The van der Waals surface area contributed by atoms with Crippen LogP contribution >= 0.6 is 0 Å². The molecule has 0 aromatic heterocycles. The Bertz CT molecular complexity index is 426. The van der Waals surface area contributed by atoms with Gasteiger partial charge < -0.3 is 10.1 Å². The van der Waals surface area contributed by atoms with E-state index in [2.05, 4.69) is 12.2 Å². The fraction of sp³-hybridized carbons (Fsp3) is 0.647. The molecule has 1 aromatic rings. The molecule has 1 aliphatic carbocycles. The van der Waals surface area contributed by atoms with Crippen LogP contribution in [0.1, 0.15) is 51.1 Å². The molecule has 118 valence electrons. The minimum Gasteiger partial charge on any atom is -0.378 e. The molecule has 4 heteroatoms. The van der Waals surface area contributed by atoms with Crippen LogP contribution in [-0.4, -0.2) is 19.3 Å². The van der Waals surface area contributed by atoms with Crippen molar-refractivity contribution in [1.82, 2.24) is 5.32 Å². The van der Waals surface area contributed by atoms with Crippen molar-refractivity contribution in [2.75, 3.05) is 13.2 Å². The SMILES string of the molecule is CCCNC(CC1CC(OCC)C1)c1c(F)cccc1F. The summed E-state index contributed by atoms with van der Waals surface area (Å²) in [5.41, 5.74) is 0.186. The number of hydrogen-bond acceptors (Lipinski definition) is 2. The van der Waals surface area contributed by atoms with Gasteiger partial charge in [0.1, 0.15) is 11.6 Å². The van der Waals surface area contributed by atoms with Crippen molar-refractivity contribution < 1.29 is 13.5 Å². The standard InChI is InChI=1S/C17H25F2NO/c1-3-8-20-16(11-12-9-13(10-12)21-4-2)17-14(18)6-5-7-15(17)19/h5-7,12-13,16,20H,3-4,8-11H2,1-2H3. The lowest BCUT2D eigenvalue weighted by molar-refractivity contribution is -0.0293. The summed E-state index contributed by atoms with van der Waals surface area (Å²) in [5, 5.41) is 3.29. The van der Waals surface area contributed by atoms with Crippen LogP contribution in [0.25, 0.3) is 0 Å². The summed E-state index contributed by atoms with van der Waals surface area (Å²) in [6.07, 6.45) is 4.03.